The SMILES string of the molecule is C[C@@H](NC(=O)c1cccc(S(=O)(=O)N2CCOCC2)c1)C(=O)O. The van der Waals surface area contributed by atoms with Gasteiger partial charge in [0.1, 0.15) is 6.04 Å². The van der Waals surface area contributed by atoms with Crippen LogP contribution in [0.25, 0.3) is 0 Å². The highest BCUT2D eigenvalue weighted by molar-refractivity contribution is 7.89. The Balaban J connectivity index is 2.22. The molecule has 1 atom stereocenters. The molecule has 1 aliphatic heterocycles. The quantitative estimate of drug-likeness (QED) is 0.773. The summed E-state index contributed by atoms with van der Waals surface area (Å²) < 4.78 is 31.5. The molecule has 23 heavy (non-hydrogen) atoms. The molecular weight excluding hydrogens is 324 g/mol. The zero-order valence-corrected chi connectivity index (χ0v) is 13.4. The van der Waals surface area contributed by atoms with E-state index < -0.39 is 27.9 Å². The standard InChI is InChI=1S/C14H18N2O6S/c1-10(14(18)19)15-13(17)11-3-2-4-12(9-11)23(20,21)16-5-7-22-8-6-16/h2-4,9-10H,5-8H2,1H3,(H,15,17)(H,18,19)/t10-/m1/s1. The summed E-state index contributed by atoms with van der Waals surface area (Å²) in [6.45, 7) is 2.50. The smallest absolute Gasteiger partial charge is 0.325 e. The molecule has 126 valence electrons. The largest absolute Gasteiger partial charge is 0.480 e. The van der Waals surface area contributed by atoms with Gasteiger partial charge >= 0.3 is 5.97 Å². The fraction of sp³-hybridized carbons (Fsp3) is 0.429. The van der Waals surface area contributed by atoms with Crippen molar-refractivity contribution in [2.24, 2.45) is 0 Å². The molecule has 1 aliphatic rings. The average molecular weight is 342 g/mol. The summed E-state index contributed by atoms with van der Waals surface area (Å²) in [6, 6.07) is 4.47. The van der Waals surface area contributed by atoms with Gasteiger partial charge in [0, 0.05) is 18.7 Å². The van der Waals surface area contributed by atoms with Crippen LogP contribution in [0.3, 0.4) is 0 Å². The Morgan fingerprint density at radius 3 is 2.57 bits per heavy atom. The minimum atomic E-state index is -3.71. The number of nitrogens with zero attached hydrogens (tertiary/aromatic N) is 1. The van der Waals surface area contributed by atoms with Gasteiger partial charge in [0.25, 0.3) is 5.91 Å². The highest BCUT2D eigenvalue weighted by Gasteiger charge is 2.27. The third-order valence-electron chi connectivity index (χ3n) is 3.42. The lowest BCUT2D eigenvalue weighted by atomic mass is 10.2. The number of carboxylic acids is 1. The van der Waals surface area contributed by atoms with E-state index in [-0.39, 0.29) is 23.5 Å². The van der Waals surface area contributed by atoms with Crippen molar-refractivity contribution in [2.45, 2.75) is 17.9 Å². The van der Waals surface area contributed by atoms with Crippen LogP contribution in [0.2, 0.25) is 0 Å². The predicted molar refractivity (Wildman–Crippen MR) is 80.6 cm³/mol. The second kappa shape index (κ2) is 7.07. The maximum absolute atomic E-state index is 12.5. The van der Waals surface area contributed by atoms with Crippen molar-refractivity contribution in [1.29, 1.82) is 0 Å². The first-order valence-corrected chi connectivity index (χ1v) is 8.48. The molecule has 1 aromatic carbocycles. The molecule has 8 nitrogen and oxygen atoms in total. The van der Waals surface area contributed by atoms with Gasteiger partial charge in [0.2, 0.25) is 10.0 Å². The van der Waals surface area contributed by atoms with Gasteiger partial charge in [-0.3, -0.25) is 9.59 Å². The molecule has 1 fully saturated rings. The molecule has 0 aliphatic carbocycles. The summed E-state index contributed by atoms with van der Waals surface area (Å²) in [5, 5.41) is 11.1. The van der Waals surface area contributed by atoms with Crippen LogP contribution < -0.4 is 5.32 Å². The molecule has 1 aromatic rings. The number of aliphatic carboxylic acids is 1. The molecular formula is C14H18N2O6S. The Morgan fingerprint density at radius 1 is 1.30 bits per heavy atom. The van der Waals surface area contributed by atoms with E-state index in [9.17, 15) is 18.0 Å². The molecule has 1 heterocycles. The molecule has 0 saturated carbocycles. The maximum atomic E-state index is 12.5. The van der Waals surface area contributed by atoms with Crippen LogP contribution in [0.1, 0.15) is 17.3 Å². The van der Waals surface area contributed by atoms with Gasteiger partial charge in [-0.25, -0.2) is 8.42 Å². The van der Waals surface area contributed by atoms with Crippen molar-refractivity contribution in [3.63, 3.8) is 0 Å². The third-order valence-corrected chi connectivity index (χ3v) is 5.32. The number of hydrogen-bond acceptors (Lipinski definition) is 5. The van der Waals surface area contributed by atoms with Crippen LogP contribution in [-0.4, -0.2) is 62.1 Å². The molecule has 2 rings (SSSR count). The second-order valence-corrected chi connectivity index (χ2v) is 7.02. The summed E-state index contributed by atoms with van der Waals surface area (Å²) in [5.74, 6) is -1.81. The molecule has 1 saturated heterocycles. The molecule has 9 heteroatoms. The molecule has 0 bridgehead atoms. The lowest BCUT2D eigenvalue weighted by Gasteiger charge is -2.26. The number of amides is 1. The average Bonchev–Trinajstić information content (AvgIpc) is 2.55. The van der Waals surface area contributed by atoms with Crippen LogP contribution in [0.5, 0.6) is 0 Å². The van der Waals surface area contributed by atoms with Crippen molar-refractivity contribution in [3.8, 4) is 0 Å². The van der Waals surface area contributed by atoms with Gasteiger partial charge in [0.15, 0.2) is 0 Å². The molecule has 1 amide bonds. The number of carbonyl (C=O) groups is 2. The van der Waals surface area contributed by atoms with E-state index in [0.717, 1.165) is 0 Å². The molecule has 2 N–H and O–H groups in total. The number of nitrogens with one attached hydrogen (secondary N) is 1. The summed E-state index contributed by atoms with van der Waals surface area (Å²) in [5.41, 5.74) is 0.0902. The van der Waals surface area contributed by atoms with Crippen LogP contribution in [0.4, 0.5) is 0 Å². The van der Waals surface area contributed by atoms with Crippen molar-refractivity contribution < 1.29 is 27.9 Å². The maximum Gasteiger partial charge on any atom is 0.325 e. The lowest BCUT2D eigenvalue weighted by Crippen LogP contribution is -2.41. The molecule has 0 unspecified atom stereocenters. The number of hydrogen-bond donors (Lipinski definition) is 2. The van der Waals surface area contributed by atoms with Gasteiger partial charge in [-0.15, -0.1) is 0 Å². The zero-order valence-electron chi connectivity index (χ0n) is 12.6. The van der Waals surface area contributed by atoms with Crippen LogP contribution in [-0.2, 0) is 19.6 Å². The summed E-state index contributed by atoms with van der Waals surface area (Å²) in [4.78, 5) is 22.8. The van der Waals surface area contributed by atoms with E-state index in [2.05, 4.69) is 5.32 Å². The van der Waals surface area contributed by atoms with E-state index in [0.29, 0.717) is 13.2 Å². The van der Waals surface area contributed by atoms with Crippen LogP contribution in [0.15, 0.2) is 29.2 Å². The second-order valence-electron chi connectivity index (χ2n) is 5.08. The molecule has 0 spiro atoms. The number of ether oxygens (including phenoxy) is 1. The minimum absolute atomic E-state index is 0.00460. The molecule has 0 aromatic heterocycles. The fourth-order valence-electron chi connectivity index (χ4n) is 2.08. The van der Waals surface area contributed by atoms with E-state index in [1.165, 1.54) is 35.5 Å². The Bertz CT molecular complexity index is 697. The number of morpholine rings is 1. The Morgan fingerprint density at radius 2 is 1.96 bits per heavy atom. The Labute approximate surface area is 134 Å². The minimum Gasteiger partial charge on any atom is -0.480 e. The monoisotopic (exact) mass is 342 g/mol. The van der Waals surface area contributed by atoms with Crippen molar-refractivity contribution >= 4 is 21.9 Å². The number of carboxylic acid groups (broad SMARTS) is 1. The first kappa shape index (κ1) is 17.4. The van der Waals surface area contributed by atoms with E-state index in [1.807, 2.05) is 0 Å². The molecule has 0 radical (unpaired) electrons. The van der Waals surface area contributed by atoms with Crippen molar-refractivity contribution in [1.82, 2.24) is 9.62 Å². The summed E-state index contributed by atoms with van der Waals surface area (Å²) in [6.07, 6.45) is 0. The summed E-state index contributed by atoms with van der Waals surface area (Å²) >= 11 is 0. The van der Waals surface area contributed by atoms with E-state index in [1.54, 1.807) is 0 Å². The highest BCUT2D eigenvalue weighted by Crippen LogP contribution is 2.18. The van der Waals surface area contributed by atoms with Gasteiger partial charge in [-0.2, -0.15) is 4.31 Å². The predicted octanol–water partition coefficient (Wildman–Crippen LogP) is -0.0896. The van der Waals surface area contributed by atoms with E-state index in [4.69, 9.17) is 9.84 Å². The van der Waals surface area contributed by atoms with Gasteiger partial charge < -0.3 is 15.2 Å². The first-order valence-electron chi connectivity index (χ1n) is 7.04. The lowest BCUT2D eigenvalue weighted by molar-refractivity contribution is -0.138. The number of sulfonamides is 1. The zero-order chi connectivity index (χ0) is 17.0. The number of benzene rings is 1. The van der Waals surface area contributed by atoms with Crippen LogP contribution in [0, 0.1) is 0 Å². The topological polar surface area (TPSA) is 113 Å². The number of carbonyl (C=O) groups excluding carboxylic acids is 1. The summed E-state index contributed by atoms with van der Waals surface area (Å²) in [7, 11) is -3.71. The third kappa shape index (κ3) is 4.06. The van der Waals surface area contributed by atoms with Crippen molar-refractivity contribution in [3.05, 3.63) is 29.8 Å². The van der Waals surface area contributed by atoms with Gasteiger partial charge in [-0.1, -0.05) is 6.07 Å². The van der Waals surface area contributed by atoms with Crippen LogP contribution >= 0.6 is 0 Å². The first-order chi connectivity index (χ1) is 10.8. The van der Waals surface area contributed by atoms with Gasteiger partial charge in [-0.05, 0) is 25.1 Å². The van der Waals surface area contributed by atoms with E-state index >= 15 is 0 Å². The highest BCUT2D eigenvalue weighted by atomic mass is 32.2. The normalized spacial score (nSPS) is 17.4. The fourth-order valence-corrected chi connectivity index (χ4v) is 3.53. The number of rotatable bonds is 5. The Hall–Kier alpha value is -1.97. The van der Waals surface area contributed by atoms with Crippen molar-refractivity contribution in [2.75, 3.05) is 26.3 Å². The van der Waals surface area contributed by atoms with Gasteiger partial charge in [0.05, 0.1) is 18.1 Å². The Kier molecular flexibility index (Phi) is 5.34.